The quantitative estimate of drug-likeness (QED) is 0.363. The molecule has 6 rings (SSSR count). The number of hydrogen-bond donors (Lipinski definition) is 0. The molecule has 0 saturated heterocycles. The van der Waals surface area contributed by atoms with Crippen molar-refractivity contribution >= 4 is 20.9 Å². The van der Waals surface area contributed by atoms with E-state index in [1.165, 1.54) is 40.5 Å². The summed E-state index contributed by atoms with van der Waals surface area (Å²) >= 11 is 0.00882. The number of carbonyl (C=O) groups is 1. The Labute approximate surface area is 165 Å². The molecule has 0 fully saturated rings. The fourth-order valence-corrected chi connectivity index (χ4v) is 7.37. The van der Waals surface area contributed by atoms with Crippen molar-refractivity contribution in [1.29, 1.82) is 0 Å². The molecule has 2 bridgehead atoms. The van der Waals surface area contributed by atoms with Crippen LogP contribution in [-0.4, -0.2) is 28.0 Å². The second kappa shape index (κ2) is 6.23. The zero-order valence-corrected chi connectivity index (χ0v) is 16.6. The zero-order valence-electron chi connectivity index (χ0n) is 14.9. The first-order valence-electron chi connectivity index (χ1n) is 8.98. The Bertz CT molecular complexity index is 967. The summed E-state index contributed by atoms with van der Waals surface area (Å²) in [7, 11) is 1.42. The van der Waals surface area contributed by atoms with Crippen molar-refractivity contribution in [3.05, 3.63) is 117 Å². The number of carbonyl (C=O) groups excluding carboxylic acids is 1. The summed E-state index contributed by atoms with van der Waals surface area (Å²) in [6.45, 7) is 0. The van der Waals surface area contributed by atoms with Crippen LogP contribution in [0.1, 0.15) is 39.3 Å². The fourth-order valence-electron chi connectivity index (χ4n) is 4.60. The molecule has 0 aromatic heterocycles. The number of methoxy groups -OCH3 is 1. The van der Waals surface area contributed by atoms with E-state index < -0.39 is 0 Å². The first-order chi connectivity index (χ1) is 13.3. The van der Waals surface area contributed by atoms with E-state index in [0.717, 1.165) is 0 Å². The zero-order chi connectivity index (χ0) is 18.4. The van der Waals surface area contributed by atoms with Gasteiger partial charge in [0.25, 0.3) is 0 Å². The van der Waals surface area contributed by atoms with Gasteiger partial charge in [-0.2, -0.15) is 0 Å². The third-order valence-electron chi connectivity index (χ3n) is 5.60. The monoisotopic (exact) mass is 418 g/mol. The number of rotatable bonds is 3. The molecule has 0 radical (unpaired) electrons. The molecule has 0 N–H and O–H groups in total. The predicted molar refractivity (Wildman–Crippen MR) is 107 cm³/mol. The molecule has 0 saturated carbocycles. The standard InChI is InChI=1S/C24H18O2Se/c1-26-22(25)14-15-27-24-19-11-5-2-8-16(19)23(17-9-3-6-12-20(17)24)18-10-4-7-13-21(18)24/h2-15,23H,1H3/b15-14+. The number of benzene rings is 3. The van der Waals surface area contributed by atoms with Gasteiger partial charge < -0.3 is 0 Å². The molecule has 3 aliphatic rings. The summed E-state index contributed by atoms with van der Waals surface area (Å²) in [5, 5.41) is 0. The average molecular weight is 417 g/mol. The van der Waals surface area contributed by atoms with E-state index >= 15 is 0 Å². The first-order valence-corrected chi connectivity index (χ1v) is 10.8. The van der Waals surface area contributed by atoms with Gasteiger partial charge in [-0.25, -0.2) is 0 Å². The molecule has 3 heteroatoms. The maximum absolute atomic E-state index is 11.7. The van der Waals surface area contributed by atoms with E-state index in [0.29, 0.717) is 0 Å². The van der Waals surface area contributed by atoms with Crippen LogP contribution in [0.4, 0.5) is 0 Å². The first kappa shape index (κ1) is 16.6. The third kappa shape index (κ3) is 2.22. The van der Waals surface area contributed by atoms with Crippen LogP contribution in [-0.2, 0) is 13.8 Å². The molecule has 3 aliphatic carbocycles. The summed E-state index contributed by atoms with van der Waals surface area (Å²) in [6, 6.07) is 26.4. The Morgan fingerprint density at radius 2 is 1.30 bits per heavy atom. The van der Waals surface area contributed by atoms with Crippen molar-refractivity contribution in [3.8, 4) is 0 Å². The van der Waals surface area contributed by atoms with E-state index in [-0.39, 0.29) is 31.2 Å². The Morgan fingerprint density at radius 1 is 0.852 bits per heavy atom. The summed E-state index contributed by atoms with van der Waals surface area (Å²) in [5.41, 5.74) is 8.31. The number of hydrogen-bond acceptors (Lipinski definition) is 2. The molecule has 3 aromatic carbocycles. The summed E-state index contributed by atoms with van der Waals surface area (Å²) in [4.78, 5) is 13.7. The molecule has 0 atom stereocenters. The van der Waals surface area contributed by atoms with Crippen LogP contribution >= 0.6 is 0 Å². The minimum absolute atomic E-state index is 0.00882. The second-order valence-electron chi connectivity index (χ2n) is 6.82. The molecular weight excluding hydrogens is 399 g/mol. The van der Waals surface area contributed by atoms with E-state index in [1.54, 1.807) is 6.08 Å². The van der Waals surface area contributed by atoms with Gasteiger partial charge in [0.15, 0.2) is 0 Å². The van der Waals surface area contributed by atoms with Crippen molar-refractivity contribution < 1.29 is 9.53 Å². The van der Waals surface area contributed by atoms with Crippen molar-refractivity contribution in [2.75, 3.05) is 7.11 Å². The average Bonchev–Trinajstić information content (AvgIpc) is 2.74. The Kier molecular flexibility index (Phi) is 3.82. The van der Waals surface area contributed by atoms with Crippen molar-refractivity contribution in [1.82, 2.24) is 0 Å². The SMILES string of the molecule is COC(=O)/C=C/[Se]C12c3ccccc3C(c3ccccc31)c1ccccc12. The Hall–Kier alpha value is -2.61. The topological polar surface area (TPSA) is 26.3 Å². The molecule has 2 nitrogen and oxygen atoms in total. The van der Waals surface area contributed by atoms with Crippen molar-refractivity contribution in [3.63, 3.8) is 0 Å². The van der Waals surface area contributed by atoms with Crippen LogP contribution in [0.25, 0.3) is 0 Å². The van der Waals surface area contributed by atoms with Crippen LogP contribution < -0.4 is 0 Å². The van der Waals surface area contributed by atoms with Gasteiger partial charge in [0, 0.05) is 0 Å². The van der Waals surface area contributed by atoms with E-state index in [4.69, 9.17) is 4.74 Å². The summed E-state index contributed by atoms with van der Waals surface area (Å²) in [5.74, 6) is -0.0107. The molecule has 0 spiro atoms. The van der Waals surface area contributed by atoms with Crippen molar-refractivity contribution in [2.45, 2.75) is 10.2 Å². The van der Waals surface area contributed by atoms with Gasteiger partial charge in [0.2, 0.25) is 0 Å². The fraction of sp³-hybridized carbons (Fsp3) is 0.125. The van der Waals surface area contributed by atoms with Gasteiger partial charge in [-0.1, -0.05) is 0 Å². The molecule has 27 heavy (non-hydrogen) atoms. The Morgan fingerprint density at radius 3 is 1.74 bits per heavy atom. The third-order valence-corrected chi connectivity index (χ3v) is 8.30. The van der Waals surface area contributed by atoms with Crippen LogP contribution in [0, 0.1) is 0 Å². The molecule has 0 heterocycles. The van der Waals surface area contributed by atoms with Gasteiger partial charge in [-0.15, -0.1) is 0 Å². The maximum atomic E-state index is 11.7. The van der Waals surface area contributed by atoms with E-state index in [2.05, 4.69) is 72.8 Å². The van der Waals surface area contributed by atoms with Crippen LogP contribution in [0.3, 0.4) is 0 Å². The molecule has 0 unspecified atom stereocenters. The van der Waals surface area contributed by atoms with E-state index in [9.17, 15) is 4.79 Å². The molecule has 132 valence electrons. The van der Waals surface area contributed by atoms with Gasteiger partial charge in [0.05, 0.1) is 0 Å². The van der Waals surface area contributed by atoms with Crippen LogP contribution in [0.15, 0.2) is 83.8 Å². The van der Waals surface area contributed by atoms with Crippen LogP contribution in [0.5, 0.6) is 0 Å². The van der Waals surface area contributed by atoms with Gasteiger partial charge >= 0.3 is 165 Å². The van der Waals surface area contributed by atoms with E-state index in [1.807, 2.05) is 4.97 Å². The summed E-state index contributed by atoms with van der Waals surface area (Å²) in [6.07, 6.45) is 1.57. The minimum atomic E-state index is -0.298. The van der Waals surface area contributed by atoms with Crippen molar-refractivity contribution in [2.24, 2.45) is 0 Å². The summed E-state index contributed by atoms with van der Waals surface area (Å²) < 4.78 is 4.60. The van der Waals surface area contributed by atoms with Gasteiger partial charge in [-0.05, 0) is 0 Å². The number of ether oxygens (including phenoxy) is 1. The second-order valence-corrected chi connectivity index (χ2v) is 9.17. The van der Waals surface area contributed by atoms with Crippen LogP contribution in [0.2, 0.25) is 0 Å². The molecular formula is C24H18O2Se. The Balaban J connectivity index is 1.82. The van der Waals surface area contributed by atoms with Gasteiger partial charge in [0.1, 0.15) is 0 Å². The molecule has 0 aliphatic heterocycles. The predicted octanol–water partition coefficient (Wildman–Crippen LogP) is 4.18. The molecule has 3 aromatic rings. The molecule has 0 amide bonds. The number of esters is 1. The normalized spacial score (nSPS) is 21.4. The van der Waals surface area contributed by atoms with Gasteiger partial charge in [-0.3, -0.25) is 0 Å².